The maximum atomic E-state index is 11.9. The summed E-state index contributed by atoms with van der Waals surface area (Å²) in [5.41, 5.74) is 7.99. The van der Waals surface area contributed by atoms with Gasteiger partial charge < -0.3 is 10.5 Å². The lowest BCUT2D eigenvalue weighted by Gasteiger charge is -2.04. The minimum absolute atomic E-state index is 0.336. The Morgan fingerprint density at radius 3 is 2.74 bits per heavy atom. The van der Waals surface area contributed by atoms with Gasteiger partial charge in [-0.3, -0.25) is 0 Å². The van der Waals surface area contributed by atoms with Gasteiger partial charge in [-0.15, -0.1) is 0 Å². The Labute approximate surface area is 111 Å². The number of nitrogens with zero attached hydrogens (tertiary/aromatic N) is 3. The largest absolute Gasteiger partial charge is 0.462 e. The minimum Gasteiger partial charge on any atom is -0.462 e. The third-order valence-electron chi connectivity index (χ3n) is 2.76. The highest BCUT2D eigenvalue weighted by atomic mass is 16.5. The highest BCUT2D eigenvalue weighted by molar-refractivity contribution is 5.92. The molecule has 2 N–H and O–H groups in total. The van der Waals surface area contributed by atoms with Gasteiger partial charge in [0.1, 0.15) is 5.56 Å². The van der Waals surface area contributed by atoms with Crippen LogP contribution >= 0.6 is 0 Å². The molecular weight excluding hydrogens is 244 g/mol. The first kappa shape index (κ1) is 13.1. The summed E-state index contributed by atoms with van der Waals surface area (Å²) in [4.78, 5) is 16.1. The normalized spacial score (nSPS) is 10.5. The lowest BCUT2D eigenvalue weighted by molar-refractivity contribution is 0.0524. The first-order valence-corrected chi connectivity index (χ1v) is 5.99. The molecule has 0 saturated carbocycles. The second kappa shape index (κ2) is 5.09. The molecule has 2 heterocycles. The molecule has 19 heavy (non-hydrogen) atoms. The molecule has 0 aliphatic heterocycles. The first-order chi connectivity index (χ1) is 9.04. The average molecular weight is 260 g/mol. The number of rotatable bonds is 3. The van der Waals surface area contributed by atoms with Crippen molar-refractivity contribution in [3.05, 3.63) is 35.3 Å². The molecule has 0 atom stereocenters. The number of hydrogen-bond acceptors (Lipinski definition) is 5. The van der Waals surface area contributed by atoms with Gasteiger partial charge in [-0.1, -0.05) is 0 Å². The van der Waals surface area contributed by atoms with Crippen molar-refractivity contribution in [1.29, 1.82) is 0 Å². The van der Waals surface area contributed by atoms with Crippen LogP contribution < -0.4 is 5.73 Å². The molecule has 0 aliphatic rings. The Hall–Kier alpha value is -2.37. The van der Waals surface area contributed by atoms with Crippen LogP contribution in [0.2, 0.25) is 0 Å². The van der Waals surface area contributed by atoms with Crippen LogP contribution in [0.3, 0.4) is 0 Å². The molecule has 100 valence electrons. The van der Waals surface area contributed by atoms with Crippen molar-refractivity contribution in [1.82, 2.24) is 14.8 Å². The summed E-state index contributed by atoms with van der Waals surface area (Å²) < 4.78 is 6.64. The maximum Gasteiger partial charge on any atom is 0.341 e. The van der Waals surface area contributed by atoms with E-state index in [1.54, 1.807) is 36.9 Å². The van der Waals surface area contributed by atoms with Gasteiger partial charge in [0.2, 0.25) is 0 Å². The van der Waals surface area contributed by atoms with Crippen molar-refractivity contribution in [3.63, 3.8) is 0 Å². The summed E-state index contributed by atoms with van der Waals surface area (Å²) >= 11 is 0. The van der Waals surface area contributed by atoms with Gasteiger partial charge in [0.05, 0.1) is 29.9 Å². The van der Waals surface area contributed by atoms with E-state index in [1.165, 1.54) is 0 Å². The van der Waals surface area contributed by atoms with Gasteiger partial charge in [0.15, 0.2) is 5.82 Å². The van der Waals surface area contributed by atoms with Crippen LogP contribution in [0.25, 0.3) is 5.82 Å². The lowest BCUT2D eigenvalue weighted by Crippen LogP contribution is -2.08. The van der Waals surface area contributed by atoms with Crippen molar-refractivity contribution >= 4 is 11.7 Å². The number of aromatic nitrogens is 3. The lowest BCUT2D eigenvalue weighted by atomic mass is 10.2. The average Bonchev–Trinajstić information content (AvgIpc) is 2.66. The Morgan fingerprint density at radius 1 is 1.42 bits per heavy atom. The van der Waals surface area contributed by atoms with Gasteiger partial charge in [0.25, 0.3) is 0 Å². The van der Waals surface area contributed by atoms with E-state index in [2.05, 4.69) is 10.1 Å². The summed E-state index contributed by atoms with van der Waals surface area (Å²) in [6.07, 6.45) is 1.55. The molecule has 2 aromatic rings. The Balaban J connectivity index is 2.46. The van der Waals surface area contributed by atoms with E-state index < -0.39 is 0 Å². The molecule has 0 radical (unpaired) electrons. The van der Waals surface area contributed by atoms with E-state index >= 15 is 0 Å². The number of pyridine rings is 1. The number of nitrogen functional groups attached to an aromatic ring is 1. The van der Waals surface area contributed by atoms with Crippen molar-refractivity contribution < 1.29 is 9.53 Å². The quantitative estimate of drug-likeness (QED) is 0.848. The van der Waals surface area contributed by atoms with Crippen LogP contribution in [0.5, 0.6) is 0 Å². The van der Waals surface area contributed by atoms with E-state index in [9.17, 15) is 4.79 Å². The van der Waals surface area contributed by atoms with E-state index in [0.29, 0.717) is 35.1 Å². The molecule has 0 spiro atoms. The van der Waals surface area contributed by atoms with E-state index in [1.807, 2.05) is 6.92 Å². The number of carbonyl (C=O) groups excluding carboxylic acids is 1. The molecule has 0 fully saturated rings. The number of esters is 1. The van der Waals surface area contributed by atoms with Crippen LogP contribution in [0.4, 0.5) is 5.69 Å². The van der Waals surface area contributed by atoms with E-state index in [4.69, 9.17) is 10.5 Å². The van der Waals surface area contributed by atoms with Gasteiger partial charge in [0, 0.05) is 0 Å². The van der Waals surface area contributed by atoms with Crippen LogP contribution in [-0.2, 0) is 4.74 Å². The fourth-order valence-corrected chi connectivity index (χ4v) is 1.89. The summed E-state index contributed by atoms with van der Waals surface area (Å²) in [6.45, 7) is 5.69. The third kappa shape index (κ3) is 2.42. The molecular formula is C13H16N4O2. The fourth-order valence-electron chi connectivity index (χ4n) is 1.89. The SMILES string of the molecule is CCOC(=O)c1c(C)nn(-c2ccc(N)cn2)c1C. The zero-order valence-corrected chi connectivity index (χ0v) is 11.2. The molecule has 6 heteroatoms. The minimum atomic E-state index is -0.362. The summed E-state index contributed by atoms with van der Waals surface area (Å²) in [5, 5.41) is 4.33. The predicted molar refractivity (Wildman–Crippen MR) is 71.2 cm³/mol. The molecule has 2 rings (SSSR count). The molecule has 6 nitrogen and oxygen atoms in total. The maximum absolute atomic E-state index is 11.9. The van der Waals surface area contributed by atoms with E-state index in [0.717, 1.165) is 0 Å². The number of hydrogen-bond donors (Lipinski definition) is 1. The molecule has 0 aliphatic carbocycles. The fraction of sp³-hybridized carbons (Fsp3) is 0.308. The number of ether oxygens (including phenoxy) is 1. The van der Waals surface area contributed by atoms with Crippen molar-refractivity contribution in [2.24, 2.45) is 0 Å². The standard InChI is InChI=1S/C13H16N4O2/c1-4-19-13(18)12-8(2)16-17(9(12)3)11-6-5-10(14)7-15-11/h5-7H,4,14H2,1-3H3. The van der Waals surface area contributed by atoms with Gasteiger partial charge in [-0.25, -0.2) is 14.5 Å². The van der Waals surface area contributed by atoms with Crippen molar-refractivity contribution in [2.75, 3.05) is 12.3 Å². The summed E-state index contributed by atoms with van der Waals surface area (Å²) in [5.74, 6) is 0.254. The number of carbonyl (C=O) groups is 1. The number of aryl methyl sites for hydroxylation is 1. The third-order valence-corrected chi connectivity index (χ3v) is 2.76. The zero-order chi connectivity index (χ0) is 14.0. The van der Waals surface area contributed by atoms with Crippen LogP contribution in [0.15, 0.2) is 18.3 Å². The first-order valence-electron chi connectivity index (χ1n) is 5.99. The molecule has 0 saturated heterocycles. The van der Waals surface area contributed by atoms with Crippen molar-refractivity contribution in [3.8, 4) is 5.82 Å². The Morgan fingerprint density at radius 2 is 2.16 bits per heavy atom. The molecule has 0 unspecified atom stereocenters. The monoisotopic (exact) mass is 260 g/mol. The summed E-state index contributed by atoms with van der Waals surface area (Å²) in [6, 6.07) is 3.49. The topological polar surface area (TPSA) is 83.0 Å². The number of nitrogens with two attached hydrogens (primary N) is 1. The Kier molecular flexibility index (Phi) is 3.50. The predicted octanol–water partition coefficient (Wildman–Crippen LogP) is 1.64. The second-order valence-corrected chi connectivity index (χ2v) is 4.13. The summed E-state index contributed by atoms with van der Waals surface area (Å²) in [7, 11) is 0. The highest BCUT2D eigenvalue weighted by Crippen LogP contribution is 2.18. The number of anilines is 1. The van der Waals surface area contributed by atoms with Gasteiger partial charge in [-0.05, 0) is 32.9 Å². The van der Waals surface area contributed by atoms with Crippen LogP contribution in [-0.4, -0.2) is 27.3 Å². The van der Waals surface area contributed by atoms with E-state index in [-0.39, 0.29) is 5.97 Å². The highest BCUT2D eigenvalue weighted by Gasteiger charge is 2.20. The van der Waals surface area contributed by atoms with Crippen LogP contribution in [0.1, 0.15) is 28.7 Å². The molecule has 0 bridgehead atoms. The Bertz CT molecular complexity index is 602. The smallest absolute Gasteiger partial charge is 0.341 e. The van der Waals surface area contributed by atoms with Crippen LogP contribution in [0, 0.1) is 13.8 Å². The molecule has 0 amide bonds. The molecule has 0 aromatic carbocycles. The van der Waals surface area contributed by atoms with Gasteiger partial charge >= 0.3 is 5.97 Å². The van der Waals surface area contributed by atoms with Crippen molar-refractivity contribution in [2.45, 2.75) is 20.8 Å². The zero-order valence-electron chi connectivity index (χ0n) is 11.2. The molecule has 2 aromatic heterocycles. The van der Waals surface area contributed by atoms with Gasteiger partial charge in [-0.2, -0.15) is 5.10 Å². The second-order valence-electron chi connectivity index (χ2n) is 4.13.